The van der Waals surface area contributed by atoms with E-state index in [4.69, 9.17) is 10.7 Å². The number of carbonyl (C=O) groups excluding carboxylic acids is 2. The maximum Gasteiger partial charge on any atom is 0.416 e. The summed E-state index contributed by atoms with van der Waals surface area (Å²) >= 11 is 0. The number of anilines is 2. The molecule has 1 aliphatic rings. The SMILES string of the molecule is CC#CC(=O)NC1C=C(c2nc(-c3ccc(C(=O)Nc4cc(C(F)(F)F)ccn4)cc3)c3c(N)nccn23)CCC1. The van der Waals surface area contributed by atoms with Crippen molar-refractivity contribution in [1.82, 2.24) is 24.7 Å². The average molecular weight is 560 g/mol. The van der Waals surface area contributed by atoms with E-state index in [9.17, 15) is 22.8 Å². The number of halogens is 3. The molecule has 1 aliphatic carbocycles. The van der Waals surface area contributed by atoms with Gasteiger partial charge in [0, 0.05) is 35.8 Å². The predicted octanol–water partition coefficient (Wildman–Crippen LogP) is 4.72. The van der Waals surface area contributed by atoms with Crippen molar-refractivity contribution in [3.05, 3.63) is 78.0 Å². The van der Waals surface area contributed by atoms with Gasteiger partial charge in [0.25, 0.3) is 11.8 Å². The number of nitrogens with two attached hydrogens (primary N) is 1. The predicted molar refractivity (Wildman–Crippen MR) is 147 cm³/mol. The first-order chi connectivity index (χ1) is 19.6. The van der Waals surface area contributed by atoms with Crippen LogP contribution in [0.5, 0.6) is 0 Å². The van der Waals surface area contributed by atoms with Crippen LogP contribution < -0.4 is 16.4 Å². The number of hydrogen-bond donors (Lipinski definition) is 3. The lowest BCUT2D eigenvalue weighted by Gasteiger charge is -2.20. The van der Waals surface area contributed by atoms with Gasteiger partial charge in [0.1, 0.15) is 28.7 Å². The zero-order valence-electron chi connectivity index (χ0n) is 21.8. The van der Waals surface area contributed by atoms with Crippen LogP contribution in [0.3, 0.4) is 0 Å². The molecule has 208 valence electrons. The number of imidazole rings is 1. The quantitative estimate of drug-likeness (QED) is 0.304. The van der Waals surface area contributed by atoms with Crippen molar-refractivity contribution < 1.29 is 22.8 Å². The average Bonchev–Trinajstić information content (AvgIpc) is 3.34. The zero-order chi connectivity index (χ0) is 29.1. The van der Waals surface area contributed by atoms with Crippen LogP contribution >= 0.6 is 0 Å². The van der Waals surface area contributed by atoms with E-state index in [1.807, 2.05) is 10.5 Å². The Bertz CT molecular complexity index is 1730. The number of rotatable bonds is 5. The van der Waals surface area contributed by atoms with Crippen LogP contribution in [0.25, 0.3) is 22.3 Å². The van der Waals surface area contributed by atoms with E-state index in [1.165, 1.54) is 12.1 Å². The summed E-state index contributed by atoms with van der Waals surface area (Å²) in [4.78, 5) is 37.6. The van der Waals surface area contributed by atoms with Gasteiger partial charge < -0.3 is 16.4 Å². The summed E-state index contributed by atoms with van der Waals surface area (Å²) in [5, 5.41) is 5.30. The lowest BCUT2D eigenvalue weighted by Crippen LogP contribution is -2.34. The Morgan fingerprint density at radius 3 is 2.63 bits per heavy atom. The van der Waals surface area contributed by atoms with E-state index in [0.717, 1.165) is 43.2 Å². The van der Waals surface area contributed by atoms with Crippen molar-refractivity contribution in [2.24, 2.45) is 0 Å². The van der Waals surface area contributed by atoms with Crippen molar-refractivity contribution in [2.75, 3.05) is 11.1 Å². The highest BCUT2D eigenvalue weighted by Crippen LogP contribution is 2.34. The highest BCUT2D eigenvalue weighted by Gasteiger charge is 2.31. The molecule has 1 aromatic carbocycles. The molecule has 3 heterocycles. The summed E-state index contributed by atoms with van der Waals surface area (Å²) < 4.78 is 40.9. The van der Waals surface area contributed by atoms with Crippen LogP contribution in [0.4, 0.5) is 24.8 Å². The number of nitrogens with zero attached hydrogens (tertiary/aromatic N) is 4. The first kappa shape index (κ1) is 27.4. The molecule has 4 aromatic rings. The van der Waals surface area contributed by atoms with E-state index in [0.29, 0.717) is 22.6 Å². The molecule has 9 nitrogen and oxygen atoms in total. The van der Waals surface area contributed by atoms with E-state index >= 15 is 0 Å². The Balaban J connectivity index is 1.44. The molecule has 0 bridgehead atoms. The number of nitrogen functional groups attached to an aromatic ring is 1. The minimum atomic E-state index is -4.56. The third kappa shape index (κ3) is 5.89. The molecule has 0 fully saturated rings. The molecule has 0 saturated heterocycles. The van der Waals surface area contributed by atoms with Gasteiger partial charge in [-0.15, -0.1) is 0 Å². The number of alkyl halides is 3. The fourth-order valence-electron chi connectivity index (χ4n) is 4.68. The Labute approximate surface area is 232 Å². The van der Waals surface area contributed by atoms with Gasteiger partial charge in [-0.3, -0.25) is 14.0 Å². The largest absolute Gasteiger partial charge is 0.416 e. The molecular formula is C29H24F3N7O2. The molecule has 0 spiro atoms. The number of allylic oxidation sites excluding steroid dienone is 1. The second-order valence-corrected chi connectivity index (χ2v) is 9.31. The molecule has 1 unspecified atom stereocenters. The van der Waals surface area contributed by atoms with Gasteiger partial charge in [-0.1, -0.05) is 24.1 Å². The molecule has 3 aromatic heterocycles. The number of fused-ring (bicyclic) bond motifs is 1. The molecule has 2 amide bonds. The minimum absolute atomic E-state index is 0.189. The summed E-state index contributed by atoms with van der Waals surface area (Å²) in [6, 6.07) is 7.84. The number of carbonyl (C=O) groups is 2. The first-order valence-electron chi connectivity index (χ1n) is 12.7. The van der Waals surface area contributed by atoms with E-state index in [-0.39, 0.29) is 29.1 Å². The van der Waals surface area contributed by atoms with Gasteiger partial charge >= 0.3 is 6.18 Å². The van der Waals surface area contributed by atoms with Crippen LogP contribution in [-0.2, 0) is 11.0 Å². The maximum atomic E-state index is 13.0. The van der Waals surface area contributed by atoms with Gasteiger partial charge in [0.05, 0.1) is 5.56 Å². The summed E-state index contributed by atoms with van der Waals surface area (Å²) in [5.74, 6) is 4.83. The maximum absolute atomic E-state index is 13.0. The van der Waals surface area contributed by atoms with Crippen molar-refractivity contribution in [3.63, 3.8) is 0 Å². The fourth-order valence-corrected chi connectivity index (χ4v) is 4.68. The van der Waals surface area contributed by atoms with Crippen molar-refractivity contribution >= 4 is 34.5 Å². The van der Waals surface area contributed by atoms with Gasteiger partial charge in [-0.05, 0) is 61.9 Å². The van der Waals surface area contributed by atoms with Crippen LogP contribution in [0.15, 0.2) is 61.1 Å². The van der Waals surface area contributed by atoms with Crippen LogP contribution in [0.1, 0.15) is 47.9 Å². The van der Waals surface area contributed by atoms with Gasteiger partial charge in [0.15, 0.2) is 0 Å². The molecule has 4 N–H and O–H groups in total. The highest BCUT2D eigenvalue weighted by molar-refractivity contribution is 6.04. The van der Waals surface area contributed by atoms with Crippen molar-refractivity contribution in [3.8, 4) is 23.1 Å². The van der Waals surface area contributed by atoms with E-state index in [2.05, 4.69) is 32.4 Å². The van der Waals surface area contributed by atoms with Gasteiger partial charge in [-0.25, -0.2) is 15.0 Å². The van der Waals surface area contributed by atoms with Gasteiger partial charge in [-0.2, -0.15) is 13.2 Å². The number of aromatic nitrogens is 4. The molecule has 0 aliphatic heterocycles. The second-order valence-electron chi connectivity index (χ2n) is 9.31. The summed E-state index contributed by atoms with van der Waals surface area (Å²) in [5.41, 5.74) is 8.27. The first-order valence-corrected chi connectivity index (χ1v) is 12.7. The van der Waals surface area contributed by atoms with Crippen molar-refractivity contribution in [1.29, 1.82) is 0 Å². The zero-order valence-corrected chi connectivity index (χ0v) is 21.8. The lowest BCUT2D eigenvalue weighted by molar-refractivity contribution is -0.137. The summed E-state index contributed by atoms with van der Waals surface area (Å²) in [6.07, 6.45) is 4.10. The molecule has 5 rings (SSSR count). The monoisotopic (exact) mass is 559 g/mol. The van der Waals surface area contributed by atoms with Crippen LogP contribution in [0, 0.1) is 11.8 Å². The van der Waals surface area contributed by atoms with Crippen molar-refractivity contribution in [2.45, 2.75) is 38.4 Å². The number of pyridine rings is 1. The third-order valence-corrected chi connectivity index (χ3v) is 6.54. The normalized spacial score (nSPS) is 15.0. The second kappa shape index (κ2) is 11.1. The van der Waals surface area contributed by atoms with Crippen LogP contribution in [0.2, 0.25) is 0 Å². The molecule has 12 heteroatoms. The van der Waals surface area contributed by atoms with Crippen LogP contribution in [-0.4, -0.2) is 37.2 Å². The molecule has 0 saturated carbocycles. The number of benzene rings is 1. The Morgan fingerprint density at radius 2 is 1.90 bits per heavy atom. The molecular weight excluding hydrogens is 535 g/mol. The Morgan fingerprint density at radius 1 is 1.12 bits per heavy atom. The summed E-state index contributed by atoms with van der Waals surface area (Å²) in [6.45, 7) is 1.60. The van der Waals surface area contributed by atoms with E-state index < -0.39 is 17.6 Å². The Kier molecular flexibility index (Phi) is 7.43. The Hall–Kier alpha value is -5.18. The topological polar surface area (TPSA) is 127 Å². The fraction of sp³-hybridized carbons (Fsp3) is 0.207. The summed E-state index contributed by atoms with van der Waals surface area (Å²) in [7, 11) is 0. The number of nitrogens with one attached hydrogen (secondary N) is 2. The minimum Gasteiger partial charge on any atom is -0.382 e. The number of amides is 2. The molecule has 41 heavy (non-hydrogen) atoms. The number of hydrogen-bond acceptors (Lipinski definition) is 6. The molecule has 1 atom stereocenters. The highest BCUT2D eigenvalue weighted by atomic mass is 19.4. The smallest absolute Gasteiger partial charge is 0.382 e. The lowest BCUT2D eigenvalue weighted by atomic mass is 9.95. The standard InChI is InChI=1S/C29H24F3N7O2/c1-2-4-23(40)36-21-6-3-5-19(15-21)27-38-24(25-26(33)35-13-14-39(25)27)17-7-9-18(10-8-17)28(41)37-22-16-20(11-12-34-22)29(30,31)32/h7-16,21H,3,5-6H2,1H3,(H2,33,35)(H,36,40)(H,34,37,41). The molecule has 0 radical (unpaired) electrons. The van der Waals surface area contributed by atoms with Gasteiger partial charge in [0.2, 0.25) is 0 Å². The van der Waals surface area contributed by atoms with E-state index in [1.54, 1.807) is 31.5 Å². The third-order valence-electron chi connectivity index (χ3n) is 6.54.